The van der Waals surface area contributed by atoms with Gasteiger partial charge in [0.2, 0.25) is 0 Å². The fraction of sp³-hybridized carbons (Fsp3) is 0.250. The summed E-state index contributed by atoms with van der Waals surface area (Å²) in [6.07, 6.45) is 4.06. The molecule has 2 aromatic rings. The van der Waals surface area contributed by atoms with Crippen molar-refractivity contribution in [3.8, 4) is 6.07 Å². The molecule has 0 radical (unpaired) electrons. The highest BCUT2D eigenvalue weighted by Crippen LogP contribution is 2.28. The van der Waals surface area contributed by atoms with E-state index in [2.05, 4.69) is 6.07 Å². The number of nitrogens with zero attached hydrogens (tertiary/aromatic N) is 1. The fourth-order valence-electron chi connectivity index (χ4n) is 2.47. The lowest BCUT2D eigenvalue weighted by Gasteiger charge is -2.14. The van der Waals surface area contributed by atoms with Gasteiger partial charge in [-0.3, -0.25) is 0 Å². The average molecular weight is 293 g/mol. The number of nitriles is 1. The van der Waals surface area contributed by atoms with Gasteiger partial charge in [0.15, 0.2) is 0 Å². The largest absolute Gasteiger partial charge is 0.212 e. The van der Waals surface area contributed by atoms with Gasteiger partial charge in [-0.1, -0.05) is 60.7 Å². The van der Waals surface area contributed by atoms with Gasteiger partial charge < -0.3 is 0 Å². The van der Waals surface area contributed by atoms with Crippen molar-refractivity contribution in [1.29, 1.82) is 5.26 Å². The summed E-state index contributed by atoms with van der Waals surface area (Å²) in [6.45, 7) is 0. The molecule has 0 saturated carbocycles. The predicted molar refractivity (Wildman–Crippen MR) is 88.0 cm³/mol. The van der Waals surface area contributed by atoms with Crippen molar-refractivity contribution in [1.82, 2.24) is 0 Å². The van der Waals surface area contributed by atoms with Crippen LogP contribution < -0.4 is 0 Å². The van der Waals surface area contributed by atoms with E-state index in [0.717, 1.165) is 17.5 Å². The molecule has 0 atom stereocenters. The van der Waals surface area contributed by atoms with E-state index in [4.69, 9.17) is 5.26 Å². The Bertz CT molecular complexity index is 586. The van der Waals surface area contributed by atoms with Gasteiger partial charge in [-0.15, -0.1) is 0 Å². The second-order valence-corrected chi connectivity index (χ2v) is 5.28. The third-order valence-corrected chi connectivity index (χ3v) is 3.62. The smallest absolute Gasteiger partial charge is 0.0969 e. The zero-order valence-corrected chi connectivity index (χ0v) is 12.6. The first-order valence-corrected chi connectivity index (χ1v) is 7.64. The first-order chi connectivity index (χ1) is 10.8. The van der Waals surface area contributed by atoms with Crippen LogP contribution in [0.2, 0.25) is 0 Å². The van der Waals surface area contributed by atoms with Gasteiger partial charge in [0, 0.05) is 12.3 Å². The summed E-state index contributed by atoms with van der Waals surface area (Å²) in [5, 5.41) is 8.52. The minimum absolute atomic E-state index is 0.0710. The number of rotatable bonds is 7. The Hall–Kier alpha value is -2.40. The summed E-state index contributed by atoms with van der Waals surface area (Å²) in [5.41, 5.74) is 2.17. The number of benzene rings is 2. The van der Waals surface area contributed by atoms with E-state index < -0.39 is 0 Å². The second-order valence-electron chi connectivity index (χ2n) is 5.28. The molecule has 22 heavy (non-hydrogen) atoms. The summed E-state index contributed by atoms with van der Waals surface area (Å²) >= 11 is 0. The number of unbranched alkanes of at least 4 members (excludes halogenated alkanes) is 2. The lowest BCUT2D eigenvalue weighted by Crippen LogP contribution is -1.98. The molecule has 0 unspecified atom stereocenters. The molecule has 2 heteroatoms. The number of allylic oxidation sites excluding steroid dienone is 2. The molecule has 0 aromatic heterocycles. The lowest BCUT2D eigenvalue weighted by atomic mass is 9.90. The van der Waals surface area contributed by atoms with Crippen LogP contribution in [0.5, 0.6) is 0 Å². The Morgan fingerprint density at radius 2 is 1.50 bits per heavy atom. The molecule has 0 saturated heterocycles. The molecule has 0 N–H and O–H groups in total. The quantitative estimate of drug-likeness (QED) is 0.596. The summed E-state index contributed by atoms with van der Waals surface area (Å²) < 4.78 is 14.2. The number of halogens is 1. The van der Waals surface area contributed by atoms with Crippen molar-refractivity contribution in [2.45, 2.75) is 31.6 Å². The van der Waals surface area contributed by atoms with Crippen LogP contribution in [0.1, 0.15) is 42.7 Å². The first kappa shape index (κ1) is 16.0. The van der Waals surface area contributed by atoms with Gasteiger partial charge >= 0.3 is 0 Å². The molecule has 0 aliphatic heterocycles. The number of hydrogen-bond donors (Lipinski definition) is 0. The molecule has 112 valence electrons. The Labute approximate surface area is 131 Å². The van der Waals surface area contributed by atoms with E-state index in [-0.39, 0.29) is 11.7 Å². The van der Waals surface area contributed by atoms with Gasteiger partial charge in [0.25, 0.3) is 0 Å². The molecular formula is C20H20FN. The molecule has 0 aliphatic rings. The van der Waals surface area contributed by atoms with Crippen molar-refractivity contribution >= 4 is 0 Å². The van der Waals surface area contributed by atoms with Crippen LogP contribution in [0.25, 0.3) is 0 Å². The predicted octanol–water partition coefficient (Wildman–Crippen LogP) is 5.76. The fourth-order valence-corrected chi connectivity index (χ4v) is 2.47. The SMILES string of the molecule is N#CCCCC/C(F)=C/C(c1ccccc1)c1ccccc1. The summed E-state index contributed by atoms with van der Waals surface area (Å²) in [5.74, 6) is -0.172. The van der Waals surface area contributed by atoms with Crippen molar-refractivity contribution in [2.24, 2.45) is 0 Å². The maximum Gasteiger partial charge on any atom is 0.0969 e. The van der Waals surface area contributed by atoms with Gasteiger partial charge in [0.05, 0.1) is 11.9 Å². The van der Waals surface area contributed by atoms with Gasteiger partial charge in [-0.2, -0.15) is 5.26 Å². The van der Waals surface area contributed by atoms with Crippen LogP contribution in [-0.4, -0.2) is 0 Å². The molecular weight excluding hydrogens is 273 g/mol. The van der Waals surface area contributed by atoms with E-state index in [1.807, 2.05) is 60.7 Å². The van der Waals surface area contributed by atoms with Crippen molar-refractivity contribution in [3.05, 3.63) is 83.7 Å². The zero-order valence-electron chi connectivity index (χ0n) is 12.6. The normalized spacial score (nSPS) is 11.4. The minimum Gasteiger partial charge on any atom is -0.212 e. The van der Waals surface area contributed by atoms with E-state index >= 15 is 0 Å². The Morgan fingerprint density at radius 3 is 2.00 bits per heavy atom. The van der Waals surface area contributed by atoms with Crippen LogP contribution in [0.3, 0.4) is 0 Å². The van der Waals surface area contributed by atoms with E-state index in [9.17, 15) is 4.39 Å². The maximum atomic E-state index is 14.2. The molecule has 2 rings (SSSR count). The first-order valence-electron chi connectivity index (χ1n) is 7.64. The standard InChI is InChI=1S/C20H20FN/c21-19(14-8-3-9-15-22)16-20(17-10-4-1-5-11-17)18-12-6-2-7-13-18/h1-2,4-7,10-13,16,20H,3,8-9,14H2/b19-16-. The third kappa shape index (κ3) is 4.86. The van der Waals surface area contributed by atoms with Crippen molar-refractivity contribution < 1.29 is 4.39 Å². The van der Waals surface area contributed by atoms with Gasteiger partial charge in [0.1, 0.15) is 0 Å². The van der Waals surface area contributed by atoms with Crippen LogP contribution in [0.15, 0.2) is 72.6 Å². The summed E-state index contributed by atoms with van der Waals surface area (Å²) in [7, 11) is 0. The molecule has 1 nitrogen and oxygen atoms in total. The van der Waals surface area contributed by atoms with Crippen molar-refractivity contribution in [3.63, 3.8) is 0 Å². The van der Waals surface area contributed by atoms with Gasteiger partial charge in [-0.25, -0.2) is 4.39 Å². The highest BCUT2D eigenvalue weighted by atomic mass is 19.1. The van der Waals surface area contributed by atoms with Crippen LogP contribution in [-0.2, 0) is 0 Å². The van der Waals surface area contributed by atoms with Crippen LogP contribution >= 0.6 is 0 Å². The zero-order chi connectivity index (χ0) is 15.6. The second kappa shape index (κ2) is 8.79. The minimum atomic E-state index is -0.101. The van der Waals surface area contributed by atoms with Crippen LogP contribution in [0, 0.1) is 11.3 Å². The summed E-state index contributed by atoms with van der Waals surface area (Å²) in [6, 6.07) is 22.0. The average Bonchev–Trinajstić information content (AvgIpc) is 2.58. The molecule has 0 spiro atoms. The van der Waals surface area contributed by atoms with E-state index in [0.29, 0.717) is 19.3 Å². The number of hydrogen-bond acceptors (Lipinski definition) is 1. The molecule has 0 bridgehead atoms. The van der Waals surface area contributed by atoms with Gasteiger partial charge in [-0.05, 0) is 36.5 Å². The highest BCUT2D eigenvalue weighted by molar-refractivity contribution is 5.37. The molecule has 2 aromatic carbocycles. The Morgan fingerprint density at radius 1 is 0.955 bits per heavy atom. The van der Waals surface area contributed by atoms with Crippen molar-refractivity contribution in [2.75, 3.05) is 0 Å². The highest BCUT2D eigenvalue weighted by Gasteiger charge is 2.12. The third-order valence-electron chi connectivity index (χ3n) is 3.62. The van der Waals surface area contributed by atoms with Crippen LogP contribution in [0.4, 0.5) is 4.39 Å². The molecule has 0 aliphatic carbocycles. The maximum absolute atomic E-state index is 14.2. The van der Waals surface area contributed by atoms with E-state index in [1.165, 1.54) is 0 Å². The molecule has 0 amide bonds. The monoisotopic (exact) mass is 293 g/mol. The molecule has 0 heterocycles. The molecule has 0 fully saturated rings. The van der Waals surface area contributed by atoms with E-state index in [1.54, 1.807) is 6.08 Å². The Kier molecular flexibility index (Phi) is 6.39. The lowest BCUT2D eigenvalue weighted by molar-refractivity contribution is 0.558. The Balaban J connectivity index is 2.17. The topological polar surface area (TPSA) is 23.8 Å². The summed E-state index contributed by atoms with van der Waals surface area (Å²) in [4.78, 5) is 0.